The molecule has 0 spiro atoms. The van der Waals surface area contributed by atoms with Gasteiger partial charge in [0, 0.05) is 12.7 Å². The van der Waals surface area contributed by atoms with Crippen LogP contribution < -0.4 is 5.32 Å². The molecule has 2 aromatic rings. The van der Waals surface area contributed by atoms with E-state index in [1.807, 2.05) is 0 Å². The highest BCUT2D eigenvalue weighted by atomic mass is 16.5. The summed E-state index contributed by atoms with van der Waals surface area (Å²) in [5, 5.41) is 22.6. The maximum Gasteiger partial charge on any atom is 0.144 e. The zero-order valence-electron chi connectivity index (χ0n) is 9.47. The molecule has 0 aliphatic carbocycles. The molecule has 0 atom stereocenters. The average Bonchev–Trinajstić information content (AvgIpc) is 2.77. The Morgan fingerprint density at radius 3 is 3.06 bits per heavy atom. The number of aromatic amines is 1. The number of nitriles is 1. The molecule has 0 bridgehead atoms. The molecular weight excluding hydrogens is 234 g/mol. The van der Waals surface area contributed by atoms with Crippen LogP contribution in [0.15, 0.2) is 12.5 Å². The van der Waals surface area contributed by atoms with E-state index in [-0.39, 0.29) is 0 Å². The van der Waals surface area contributed by atoms with E-state index < -0.39 is 5.60 Å². The van der Waals surface area contributed by atoms with Gasteiger partial charge in [0.2, 0.25) is 0 Å². The molecule has 7 nitrogen and oxygen atoms in total. The number of aromatic nitrogens is 3. The molecule has 0 radical (unpaired) electrons. The summed E-state index contributed by atoms with van der Waals surface area (Å²) in [5.74, 6) is 0.540. The molecule has 3 rings (SSSR count). The Morgan fingerprint density at radius 2 is 2.39 bits per heavy atom. The summed E-state index contributed by atoms with van der Waals surface area (Å²) in [7, 11) is 0. The minimum absolute atomic E-state index is 0.312. The van der Waals surface area contributed by atoms with Crippen LogP contribution >= 0.6 is 0 Å². The molecule has 18 heavy (non-hydrogen) atoms. The zero-order chi connectivity index (χ0) is 12.6. The molecule has 3 N–H and O–H groups in total. The first kappa shape index (κ1) is 11.0. The van der Waals surface area contributed by atoms with Crippen molar-refractivity contribution in [2.45, 2.75) is 5.60 Å². The number of ether oxygens (including phenoxy) is 1. The number of hydrogen-bond acceptors (Lipinski definition) is 6. The number of nitrogens with zero attached hydrogens (tertiary/aromatic N) is 3. The molecule has 0 saturated carbocycles. The monoisotopic (exact) mass is 245 g/mol. The molecule has 92 valence electrons. The Balaban J connectivity index is 1.91. The van der Waals surface area contributed by atoms with Crippen molar-refractivity contribution < 1.29 is 9.84 Å². The van der Waals surface area contributed by atoms with Gasteiger partial charge >= 0.3 is 0 Å². The van der Waals surface area contributed by atoms with Crippen LogP contribution in [-0.4, -0.2) is 45.4 Å². The van der Waals surface area contributed by atoms with E-state index in [0.717, 1.165) is 0 Å². The van der Waals surface area contributed by atoms with E-state index in [1.165, 1.54) is 6.33 Å². The molecule has 3 heterocycles. The standard InChI is InChI=1S/C11H11N5O2/c12-1-7-2-13-9-8(7)10(16-6-15-9)14-3-11(17)4-18-5-11/h2,6,17H,3-5H2,(H2,13,14,15,16). The highest BCUT2D eigenvalue weighted by molar-refractivity contribution is 5.92. The van der Waals surface area contributed by atoms with Crippen LogP contribution in [0.4, 0.5) is 5.82 Å². The largest absolute Gasteiger partial charge is 0.383 e. The molecule has 2 aromatic heterocycles. The molecule has 1 aliphatic heterocycles. The summed E-state index contributed by atoms with van der Waals surface area (Å²) < 4.78 is 4.96. The highest BCUT2D eigenvalue weighted by Crippen LogP contribution is 2.24. The van der Waals surface area contributed by atoms with Crippen molar-refractivity contribution in [1.82, 2.24) is 15.0 Å². The van der Waals surface area contributed by atoms with Crippen LogP contribution in [0.3, 0.4) is 0 Å². The first-order valence-corrected chi connectivity index (χ1v) is 5.48. The van der Waals surface area contributed by atoms with Crippen LogP contribution in [0.1, 0.15) is 5.56 Å². The van der Waals surface area contributed by atoms with E-state index >= 15 is 0 Å². The van der Waals surface area contributed by atoms with Gasteiger partial charge in [-0.2, -0.15) is 5.26 Å². The van der Waals surface area contributed by atoms with Gasteiger partial charge in [-0.1, -0.05) is 0 Å². The van der Waals surface area contributed by atoms with Crippen molar-refractivity contribution in [3.63, 3.8) is 0 Å². The Morgan fingerprint density at radius 1 is 1.56 bits per heavy atom. The van der Waals surface area contributed by atoms with Crippen molar-refractivity contribution >= 4 is 16.9 Å². The normalized spacial score (nSPS) is 17.1. The van der Waals surface area contributed by atoms with Crippen LogP contribution in [0.25, 0.3) is 11.0 Å². The van der Waals surface area contributed by atoms with Gasteiger partial charge in [-0.3, -0.25) is 0 Å². The van der Waals surface area contributed by atoms with Gasteiger partial charge in [0.15, 0.2) is 0 Å². The van der Waals surface area contributed by atoms with Crippen molar-refractivity contribution in [1.29, 1.82) is 5.26 Å². The molecule has 7 heteroatoms. The lowest BCUT2D eigenvalue weighted by Gasteiger charge is -2.36. The topological polar surface area (TPSA) is 107 Å². The Kier molecular flexibility index (Phi) is 2.40. The molecule has 1 saturated heterocycles. The number of hydrogen-bond donors (Lipinski definition) is 3. The number of H-pyrrole nitrogens is 1. The van der Waals surface area contributed by atoms with Crippen LogP contribution in [0.2, 0.25) is 0 Å². The second kappa shape index (κ2) is 3.94. The lowest BCUT2D eigenvalue weighted by molar-refractivity contribution is -0.168. The SMILES string of the molecule is N#Cc1c[nH]c2ncnc(NCC3(O)COC3)c12. The molecule has 0 unspecified atom stereocenters. The van der Waals surface area contributed by atoms with Crippen molar-refractivity contribution in [3.8, 4) is 6.07 Å². The van der Waals surface area contributed by atoms with Gasteiger partial charge in [-0.15, -0.1) is 0 Å². The summed E-state index contributed by atoms with van der Waals surface area (Å²) in [5.41, 5.74) is 0.228. The van der Waals surface area contributed by atoms with Gasteiger partial charge in [0.25, 0.3) is 0 Å². The third kappa shape index (κ3) is 1.68. The first-order chi connectivity index (χ1) is 8.72. The molecule has 1 fully saturated rings. The lowest BCUT2D eigenvalue weighted by Crippen LogP contribution is -2.54. The fraction of sp³-hybridized carbons (Fsp3) is 0.364. The predicted octanol–water partition coefficient (Wildman–Crippen LogP) is 0.00278. The average molecular weight is 245 g/mol. The molecule has 0 aromatic carbocycles. The Labute approximate surface area is 102 Å². The molecule has 0 amide bonds. The van der Waals surface area contributed by atoms with Crippen molar-refractivity contribution in [2.24, 2.45) is 0 Å². The summed E-state index contributed by atoms with van der Waals surface area (Å²) >= 11 is 0. The number of aliphatic hydroxyl groups is 1. The lowest BCUT2D eigenvalue weighted by atomic mass is 10.0. The predicted molar refractivity (Wildman–Crippen MR) is 62.9 cm³/mol. The van der Waals surface area contributed by atoms with Gasteiger partial charge < -0.3 is 20.1 Å². The summed E-state index contributed by atoms with van der Waals surface area (Å²) in [6, 6.07) is 2.08. The second-order valence-electron chi connectivity index (χ2n) is 4.33. The van der Waals surface area contributed by atoms with E-state index in [0.29, 0.717) is 42.2 Å². The van der Waals surface area contributed by atoms with Gasteiger partial charge in [-0.25, -0.2) is 9.97 Å². The van der Waals surface area contributed by atoms with E-state index in [9.17, 15) is 5.11 Å². The van der Waals surface area contributed by atoms with E-state index in [1.54, 1.807) is 6.20 Å². The summed E-state index contributed by atoms with van der Waals surface area (Å²) in [6.45, 7) is 0.952. The smallest absolute Gasteiger partial charge is 0.144 e. The van der Waals surface area contributed by atoms with Crippen LogP contribution in [-0.2, 0) is 4.74 Å². The van der Waals surface area contributed by atoms with E-state index in [2.05, 4.69) is 26.3 Å². The van der Waals surface area contributed by atoms with Crippen LogP contribution in [0, 0.1) is 11.3 Å². The maximum absolute atomic E-state index is 9.92. The third-order valence-electron chi connectivity index (χ3n) is 2.92. The fourth-order valence-corrected chi connectivity index (χ4v) is 1.87. The van der Waals surface area contributed by atoms with Gasteiger partial charge in [0.05, 0.1) is 24.2 Å². The number of nitrogens with one attached hydrogen (secondary N) is 2. The fourth-order valence-electron chi connectivity index (χ4n) is 1.87. The third-order valence-corrected chi connectivity index (χ3v) is 2.92. The Hall–Kier alpha value is -2.17. The van der Waals surface area contributed by atoms with Crippen LogP contribution in [0.5, 0.6) is 0 Å². The van der Waals surface area contributed by atoms with Gasteiger partial charge in [-0.05, 0) is 0 Å². The highest BCUT2D eigenvalue weighted by Gasteiger charge is 2.36. The van der Waals surface area contributed by atoms with E-state index in [4.69, 9.17) is 10.00 Å². The minimum Gasteiger partial charge on any atom is -0.383 e. The van der Waals surface area contributed by atoms with Crippen molar-refractivity contribution in [3.05, 3.63) is 18.1 Å². The minimum atomic E-state index is -0.847. The zero-order valence-corrected chi connectivity index (χ0v) is 9.47. The van der Waals surface area contributed by atoms with Crippen molar-refractivity contribution in [2.75, 3.05) is 25.1 Å². The summed E-state index contributed by atoms with van der Waals surface area (Å²) in [6.07, 6.45) is 3.00. The van der Waals surface area contributed by atoms with Gasteiger partial charge in [0.1, 0.15) is 29.5 Å². The Bertz CT molecular complexity index is 626. The number of fused-ring (bicyclic) bond motifs is 1. The maximum atomic E-state index is 9.92. The number of anilines is 1. The molecule has 1 aliphatic rings. The summed E-state index contributed by atoms with van der Waals surface area (Å²) in [4.78, 5) is 11.1. The number of rotatable bonds is 3. The molecular formula is C11H11N5O2. The first-order valence-electron chi connectivity index (χ1n) is 5.48. The quantitative estimate of drug-likeness (QED) is 0.702. The second-order valence-corrected chi connectivity index (χ2v) is 4.33.